The third-order valence-corrected chi connectivity index (χ3v) is 3.85. The van der Waals surface area contributed by atoms with Crippen LogP contribution in [-0.4, -0.2) is 18.3 Å². The molecule has 0 heterocycles. The van der Waals surface area contributed by atoms with Gasteiger partial charge in [0.1, 0.15) is 5.75 Å². The summed E-state index contributed by atoms with van der Waals surface area (Å²) in [6, 6.07) is 14.4. The molecule has 0 aliphatic carbocycles. The first-order valence-electron chi connectivity index (χ1n) is 8.29. The van der Waals surface area contributed by atoms with E-state index < -0.39 is 0 Å². The molecule has 0 aliphatic rings. The van der Waals surface area contributed by atoms with E-state index in [4.69, 9.17) is 10.5 Å². The number of anilines is 1. The third-order valence-electron chi connectivity index (χ3n) is 3.85. The Hall–Kier alpha value is -2.82. The van der Waals surface area contributed by atoms with Crippen molar-refractivity contribution in [1.82, 2.24) is 5.32 Å². The minimum Gasteiger partial charge on any atom is -0.482 e. The number of nitrogen functional groups attached to an aromatic ring is 1. The van der Waals surface area contributed by atoms with Crippen molar-refractivity contribution in [3.05, 3.63) is 59.7 Å². The molecule has 2 aromatic rings. The van der Waals surface area contributed by atoms with Gasteiger partial charge in [-0.25, -0.2) is 0 Å². The fraction of sp³-hybridized carbons (Fsp3) is 0.300. The van der Waals surface area contributed by atoms with Crippen molar-refractivity contribution in [2.75, 3.05) is 12.3 Å². The summed E-state index contributed by atoms with van der Waals surface area (Å²) in [5, 5.41) is 2.87. The maximum atomic E-state index is 12.0. The molecule has 0 saturated heterocycles. The monoisotopic (exact) mass is 340 g/mol. The molecule has 2 rings (SSSR count). The van der Waals surface area contributed by atoms with Gasteiger partial charge in [-0.1, -0.05) is 44.2 Å². The van der Waals surface area contributed by atoms with E-state index in [2.05, 4.69) is 5.32 Å². The van der Waals surface area contributed by atoms with Gasteiger partial charge in [-0.15, -0.1) is 0 Å². The van der Waals surface area contributed by atoms with Crippen LogP contribution in [0, 0.1) is 5.92 Å². The smallest absolute Gasteiger partial charge is 0.258 e. The highest BCUT2D eigenvalue weighted by molar-refractivity contribution is 5.98. The number of carbonyl (C=O) groups is 2. The summed E-state index contributed by atoms with van der Waals surface area (Å²) in [5.74, 6) is 0.0741. The summed E-state index contributed by atoms with van der Waals surface area (Å²) in [5.41, 5.74) is 7.84. The van der Waals surface area contributed by atoms with E-state index in [1.165, 1.54) is 0 Å². The number of nitrogens with one attached hydrogen (secondary N) is 1. The van der Waals surface area contributed by atoms with Gasteiger partial charge in [-0.3, -0.25) is 9.59 Å². The van der Waals surface area contributed by atoms with E-state index in [0.29, 0.717) is 17.0 Å². The lowest BCUT2D eigenvalue weighted by atomic mass is 10.0. The molecule has 1 unspecified atom stereocenters. The second-order valence-electron chi connectivity index (χ2n) is 6.26. The Bertz CT molecular complexity index is 742. The standard InChI is InChI=1S/C20H24N2O3/c1-13(2)20(24)16-9-10-18(17(21)11-16)25-12-19(23)22-14(3)15-7-5-4-6-8-15/h4-11,13-14H,12,21H2,1-3H3,(H,22,23). The fourth-order valence-corrected chi connectivity index (χ4v) is 2.42. The Balaban J connectivity index is 1.92. The van der Waals surface area contributed by atoms with Crippen molar-refractivity contribution in [3.8, 4) is 5.75 Å². The van der Waals surface area contributed by atoms with Gasteiger partial charge in [0.15, 0.2) is 12.4 Å². The van der Waals surface area contributed by atoms with Crippen LogP contribution in [0.3, 0.4) is 0 Å². The largest absolute Gasteiger partial charge is 0.482 e. The van der Waals surface area contributed by atoms with Crippen molar-refractivity contribution in [2.45, 2.75) is 26.8 Å². The quantitative estimate of drug-likeness (QED) is 0.598. The number of nitrogens with two attached hydrogens (primary N) is 1. The first-order chi connectivity index (χ1) is 11.9. The lowest BCUT2D eigenvalue weighted by Crippen LogP contribution is -2.31. The Morgan fingerprint density at radius 2 is 1.76 bits per heavy atom. The van der Waals surface area contributed by atoms with Gasteiger partial charge in [0.05, 0.1) is 11.7 Å². The molecule has 0 aliphatic heterocycles. The normalized spacial score (nSPS) is 11.8. The van der Waals surface area contributed by atoms with E-state index in [9.17, 15) is 9.59 Å². The molecule has 2 aromatic carbocycles. The molecule has 0 aromatic heterocycles. The Morgan fingerprint density at radius 1 is 1.08 bits per heavy atom. The van der Waals surface area contributed by atoms with E-state index >= 15 is 0 Å². The SMILES string of the molecule is CC(C)C(=O)c1ccc(OCC(=O)NC(C)c2ccccc2)c(N)c1. The summed E-state index contributed by atoms with van der Waals surface area (Å²) >= 11 is 0. The lowest BCUT2D eigenvalue weighted by molar-refractivity contribution is -0.123. The molecule has 1 amide bonds. The molecule has 0 bridgehead atoms. The molecule has 0 radical (unpaired) electrons. The van der Waals surface area contributed by atoms with Crippen LogP contribution in [0.1, 0.15) is 42.7 Å². The predicted molar refractivity (Wildman–Crippen MR) is 98.5 cm³/mol. The molecule has 132 valence electrons. The molecule has 0 saturated carbocycles. The van der Waals surface area contributed by atoms with Crippen LogP contribution in [0.4, 0.5) is 5.69 Å². The number of hydrogen-bond acceptors (Lipinski definition) is 4. The third kappa shape index (κ3) is 5.08. The lowest BCUT2D eigenvalue weighted by Gasteiger charge is -2.15. The first-order valence-corrected chi connectivity index (χ1v) is 8.29. The number of Topliss-reactive ketones (excluding diaryl/α,β-unsaturated/α-hetero) is 1. The Morgan fingerprint density at radius 3 is 2.36 bits per heavy atom. The second-order valence-corrected chi connectivity index (χ2v) is 6.26. The molecule has 0 fully saturated rings. The van der Waals surface area contributed by atoms with Crippen molar-refractivity contribution in [1.29, 1.82) is 0 Å². The predicted octanol–water partition coefficient (Wildman–Crippen LogP) is 3.36. The van der Waals surface area contributed by atoms with Crippen molar-refractivity contribution in [2.24, 2.45) is 5.92 Å². The summed E-state index contributed by atoms with van der Waals surface area (Å²) in [6.07, 6.45) is 0. The number of carbonyl (C=O) groups excluding carboxylic acids is 2. The zero-order valence-corrected chi connectivity index (χ0v) is 14.8. The molecule has 5 nitrogen and oxygen atoms in total. The first kappa shape index (κ1) is 18.5. The van der Waals surface area contributed by atoms with Gasteiger partial charge >= 0.3 is 0 Å². The average Bonchev–Trinajstić information content (AvgIpc) is 2.60. The van der Waals surface area contributed by atoms with E-state index in [0.717, 1.165) is 5.56 Å². The summed E-state index contributed by atoms with van der Waals surface area (Å²) < 4.78 is 5.48. The minimum absolute atomic E-state index is 0.0210. The van der Waals surface area contributed by atoms with Gasteiger partial charge in [0.2, 0.25) is 0 Å². The zero-order chi connectivity index (χ0) is 18.4. The van der Waals surface area contributed by atoms with Crippen molar-refractivity contribution < 1.29 is 14.3 Å². The molecular weight excluding hydrogens is 316 g/mol. The summed E-state index contributed by atoms with van der Waals surface area (Å²) in [6.45, 7) is 5.44. The van der Waals surface area contributed by atoms with Crippen LogP contribution in [0.2, 0.25) is 0 Å². The van der Waals surface area contributed by atoms with Crippen molar-refractivity contribution >= 4 is 17.4 Å². The second kappa shape index (κ2) is 8.33. The highest BCUT2D eigenvalue weighted by Crippen LogP contribution is 2.24. The summed E-state index contributed by atoms with van der Waals surface area (Å²) in [7, 11) is 0. The number of benzene rings is 2. The summed E-state index contributed by atoms with van der Waals surface area (Å²) in [4.78, 5) is 24.0. The van der Waals surface area contributed by atoms with Gasteiger partial charge < -0.3 is 15.8 Å². The molecule has 5 heteroatoms. The van der Waals surface area contributed by atoms with Gasteiger partial charge in [-0.2, -0.15) is 0 Å². The van der Waals surface area contributed by atoms with Gasteiger partial charge in [-0.05, 0) is 30.7 Å². The van der Waals surface area contributed by atoms with E-state index in [1.807, 2.05) is 51.1 Å². The molecule has 25 heavy (non-hydrogen) atoms. The number of ether oxygens (including phenoxy) is 1. The van der Waals surface area contributed by atoms with E-state index in [-0.39, 0.29) is 30.3 Å². The Kier molecular flexibility index (Phi) is 6.17. The highest BCUT2D eigenvalue weighted by atomic mass is 16.5. The molecule has 0 spiro atoms. The maximum Gasteiger partial charge on any atom is 0.258 e. The molecule has 1 atom stereocenters. The maximum absolute atomic E-state index is 12.0. The van der Waals surface area contributed by atoms with Crippen LogP contribution in [0.25, 0.3) is 0 Å². The highest BCUT2D eigenvalue weighted by Gasteiger charge is 2.14. The molecule has 3 N–H and O–H groups in total. The van der Waals surface area contributed by atoms with E-state index in [1.54, 1.807) is 18.2 Å². The van der Waals surface area contributed by atoms with Crippen molar-refractivity contribution in [3.63, 3.8) is 0 Å². The van der Waals surface area contributed by atoms with Crippen LogP contribution in [0.15, 0.2) is 48.5 Å². The number of ketones is 1. The minimum atomic E-state index is -0.238. The molecular formula is C20H24N2O3. The van der Waals surface area contributed by atoms with Crippen LogP contribution >= 0.6 is 0 Å². The topological polar surface area (TPSA) is 81.4 Å². The average molecular weight is 340 g/mol. The van der Waals surface area contributed by atoms with Gasteiger partial charge in [0, 0.05) is 11.5 Å². The Labute approximate surface area is 148 Å². The zero-order valence-electron chi connectivity index (χ0n) is 14.8. The number of hydrogen-bond donors (Lipinski definition) is 2. The van der Waals surface area contributed by atoms with Crippen LogP contribution < -0.4 is 15.8 Å². The van der Waals surface area contributed by atoms with Crippen LogP contribution in [0.5, 0.6) is 5.75 Å². The van der Waals surface area contributed by atoms with Crippen LogP contribution in [-0.2, 0) is 4.79 Å². The number of rotatable bonds is 7. The van der Waals surface area contributed by atoms with Gasteiger partial charge in [0.25, 0.3) is 5.91 Å². The fourth-order valence-electron chi connectivity index (χ4n) is 2.42. The number of amides is 1.